The number of rotatable bonds is 8. The summed E-state index contributed by atoms with van der Waals surface area (Å²) in [6.07, 6.45) is 0.516. The van der Waals surface area contributed by atoms with Crippen molar-refractivity contribution in [2.24, 2.45) is 0 Å². The van der Waals surface area contributed by atoms with Gasteiger partial charge in [-0.05, 0) is 53.4 Å². The van der Waals surface area contributed by atoms with E-state index < -0.39 is 18.4 Å². The molecule has 0 spiro atoms. The van der Waals surface area contributed by atoms with Crippen LogP contribution in [0.2, 0.25) is 0 Å². The van der Waals surface area contributed by atoms with Gasteiger partial charge in [-0.2, -0.15) is 0 Å². The van der Waals surface area contributed by atoms with Gasteiger partial charge in [0.25, 0.3) is 0 Å². The number of benzene rings is 4. The van der Waals surface area contributed by atoms with Gasteiger partial charge in [0.15, 0.2) is 6.61 Å². The number of hydrogen-bond acceptors (Lipinski definition) is 4. The Kier molecular flexibility index (Phi) is 8.31. The zero-order valence-electron chi connectivity index (χ0n) is 20.4. The van der Waals surface area contributed by atoms with Crippen molar-refractivity contribution < 1.29 is 23.8 Å². The monoisotopic (exact) mass is 521 g/mol. The second-order valence-electron chi connectivity index (χ2n) is 9.17. The molecule has 0 fully saturated rings. The Hall–Kier alpha value is -3.61. The first-order valence-electron chi connectivity index (χ1n) is 12.1. The SMILES string of the molecule is C[C@@H](NC[C@H]1C[C@H](c2cc(F)cc(OCC(=O)O)c2)c2ccccc2O1)c1cccc2ccccc12.Cl. The van der Waals surface area contributed by atoms with Gasteiger partial charge in [0.1, 0.15) is 23.4 Å². The molecule has 1 heterocycles. The van der Waals surface area contributed by atoms with Gasteiger partial charge in [0.2, 0.25) is 0 Å². The molecule has 4 aromatic carbocycles. The molecule has 5 rings (SSSR count). The third-order valence-corrected chi connectivity index (χ3v) is 6.69. The number of carbonyl (C=O) groups is 1. The summed E-state index contributed by atoms with van der Waals surface area (Å²) in [5, 5.41) is 15.0. The van der Waals surface area contributed by atoms with Crippen LogP contribution in [0, 0.1) is 5.82 Å². The van der Waals surface area contributed by atoms with E-state index in [4.69, 9.17) is 14.6 Å². The van der Waals surface area contributed by atoms with Gasteiger partial charge >= 0.3 is 5.97 Å². The molecule has 5 nitrogen and oxygen atoms in total. The van der Waals surface area contributed by atoms with E-state index in [0.717, 1.165) is 16.9 Å². The molecule has 0 radical (unpaired) electrons. The van der Waals surface area contributed by atoms with Crippen molar-refractivity contribution in [3.8, 4) is 11.5 Å². The zero-order chi connectivity index (χ0) is 25.1. The van der Waals surface area contributed by atoms with Crippen molar-refractivity contribution in [1.82, 2.24) is 5.32 Å². The maximum Gasteiger partial charge on any atom is 0.341 e. The fourth-order valence-electron chi connectivity index (χ4n) is 4.99. The molecule has 0 unspecified atom stereocenters. The van der Waals surface area contributed by atoms with E-state index in [-0.39, 0.29) is 36.2 Å². The normalized spacial score (nSPS) is 17.2. The minimum atomic E-state index is -1.11. The van der Waals surface area contributed by atoms with Crippen LogP contribution < -0.4 is 14.8 Å². The lowest BCUT2D eigenvalue weighted by molar-refractivity contribution is -0.139. The number of carboxylic acid groups (broad SMARTS) is 1. The maximum atomic E-state index is 14.5. The van der Waals surface area contributed by atoms with Gasteiger partial charge in [-0.25, -0.2) is 9.18 Å². The van der Waals surface area contributed by atoms with Gasteiger partial charge in [-0.3, -0.25) is 0 Å². The van der Waals surface area contributed by atoms with E-state index in [1.807, 2.05) is 30.3 Å². The van der Waals surface area contributed by atoms with Crippen molar-refractivity contribution in [3.05, 3.63) is 107 Å². The molecule has 0 bridgehead atoms. The largest absolute Gasteiger partial charge is 0.489 e. The maximum absolute atomic E-state index is 14.5. The Morgan fingerprint density at radius 1 is 1.08 bits per heavy atom. The molecule has 37 heavy (non-hydrogen) atoms. The molecular weight excluding hydrogens is 493 g/mol. The average molecular weight is 522 g/mol. The standard InChI is InChI=1S/C30H28FNO4.ClH/c1-19(25-11-6-8-20-7-2-3-9-26(20)25)32-17-24-16-28(27-10-4-5-12-29(27)36-24)21-13-22(31)15-23(14-21)35-18-30(33)34;/h2-15,19,24,28,32H,16-18H2,1H3,(H,33,34);1H/t19-,24-,28-;/m1./s1. The van der Waals surface area contributed by atoms with Crippen molar-refractivity contribution in [3.63, 3.8) is 0 Å². The van der Waals surface area contributed by atoms with Gasteiger partial charge in [-0.15, -0.1) is 12.4 Å². The molecule has 0 amide bonds. The van der Waals surface area contributed by atoms with Crippen molar-refractivity contribution >= 4 is 29.1 Å². The van der Waals surface area contributed by atoms with E-state index >= 15 is 0 Å². The highest BCUT2D eigenvalue weighted by molar-refractivity contribution is 5.86. The average Bonchev–Trinajstić information content (AvgIpc) is 2.89. The van der Waals surface area contributed by atoms with Crippen molar-refractivity contribution in [1.29, 1.82) is 0 Å². The first-order chi connectivity index (χ1) is 17.5. The predicted octanol–water partition coefficient (Wildman–Crippen LogP) is 6.50. The highest BCUT2D eigenvalue weighted by Crippen LogP contribution is 2.41. The summed E-state index contributed by atoms with van der Waals surface area (Å²) >= 11 is 0. The van der Waals surface area contributed by atoms with Gasteiger partial charge in [0, 0.05) is 30.1 Å². The Bertz CT molecular complexity index is 1390. The van der Waals surface area contributed by atoms with E-state index in [0.29, 0.717) is 13.0 Å². The predicted molar refractivity (Wildman–Crippen MR) is 144 cm³/mol. The Balaban J connectivity index is 0.00000320. The van der Waals surface area contributed by atoms with Gasteiger partial charge < -0.3 is 19.9 Å². The lowest BCUT2D eigenvalue weighted by Gasteiger charge is -2.33. The number of hydrogen-bond donors (Lipinski definition) is 2. The first-order valence-corrected chi connectivity index (χ1v) is 12.1. The molecular formula is C30H29ClFNO4. The summed E-state index contributed by atoms with van der Waals surface area (Å²) in [5.74, 6) is -0.705. The fraction of sp³-hybridized carbons (Fsp3) is 0.233. The smallest absolute Gasteiger partial charge is 0.341 e. The highest BCUT2D eigenvalue weighted by Gasteiger charge is 2.30. The number of fused-ring (bicyclic) bond motifs is 2. The molecule has 1 aliphatic heterocycles. The van der Waals surface area contributed by atoms with Crippen LogP contribution in [0.4, 0.5) is 4.39 Å². The molecule has 0 saturated carbocycles. The molecule has 2 N–H and O–H groups in total. The van der Waals surface area contributed by atoms with Crippen LogP contribution in [-0.4, -0.2) is 30.3 Å². The summed E-state index contributed by atoms with van der Waals surface area (Å²) in [5.41, 5.74) is 2.94. The van der Waals surface area contributed by atoms with Gasteiger partial charge in [0.05, 0.1) is 0 Å². The van der Waals surface area contributed by atoms with E-state index in [9.17, 15) is 9.18 Å². The second-order valence-corrected chi connectivity index (χ2v) is 9.17. The summed E-state index contributed by atoms with van der Waals surface area (Å²) in [7, 11) is 0. The van der Waals surface area contributed by atoms with Gasteiger partial charge in [-0.1, -0.05) is 60.7 Å². The zero-order valence-corrected chi connectivity index (χ0v) is 21.2. The number of aliphatic carboxylic acids is 1. The Morgan fingerprint density at radius 2 is 1.84 bits per heavy atom. The van der Waals surface area contributed by atoms with E-state index in [2.05, 4.69) is 48.6 Å². The Morgan fingerprint density at radius 3 is 2.68 bits per heavy atom. The number of carboxylic acids is 1. The lowest BCUT2D eigenvalue weighted by atomic mass is 9.84. The van der Waals surface area contributed by atoms with Crippen LogP contribution in [0.3, 0.4) is 0 Å². The number of para-hydroxylation sites is 1. The van der Waals surface area contributed by atoms with Crippen LogP contribution in [-0.2, 0) is 4.79 Å². The molecule has 1 aliphatic rings. The third kappa shape index (κ3) is 6.04. The molecule has 4 aromatic rings. The third-order valence-electron chi connectivity index (χ3n) is 6.69. The van der Waals surface area contributed by atoms with Crippen molar-refractivity contribution in [2.75, 3.05) is 13.2 Å². The second kappa shape index (κ2) is 11.6. The minimum absolute atomic E-state index is 0. The minimum Gasteiger partial charge on any atom is -0.489 e. The molecule has 0 aliphatic carbocycles. The lowest BCUT2D eigenvalue weighted by Crippen LogP contribution is -2.37. The molecule has 3 atom stereocenters. The van der Waals surface area contributed by atoms with E-state index in [1.54, 1.807) is 6.07 Å². The number of nitrogens with one attached hydrogen (secondary N) is 1. The number of halogens is 2. The van der Waals surface area contributed by atoms with Crippen LogP contribution in [0.15, 0.2) is 84.9 Å². The first kappa shape index (κ1) is 26.5. The van der Waals surface area contributed by atoms with Crippen LogP contribution in [0.1, 0.15) is 42.0 Å². The van der Waals surface area contributed by atoms with E-state index in [1.165, 1.54) is 28.5 Å². The van der Waals surface area contributed by atoms with Crippen LogP contribution in [0.5, 0.6) is 11.5 Å². The molecule has 0 saturated heterocycles. The van der Waals surface area contributed by atoms with Crippen molar-refractivity contribution in [2.45, 2.75) is 31.4 Å². The summed E-state index contributed by atoms with van der Waals surface area (Å²) < 4.78 is 26.1. The molecule has 192 valence electrons. The Labute approximate surface area is 221 Å². The quantitative estimate of drug-likeness (QED) is 0.277. The summed E-state index contributed by atoms with van der Waals surface area (Å²) in [6.45, 7) is 2.24. The summed E-state index contributed by atoms with van der Waals surface area (Å²) in [6, 6.07) is 27.0. The summed E-state index contributed by atoms with van der Waals surface area (Å²) in [4.78, 5) is 10.9. The van der Waals surface area contributed by atoms with Crippen LogP contribution in [0.25, 0.3) is 10.8 Å². The van der Waals surface area contributed by atoms with Crippen LogP contribution >= 0.6 is 12.4 Å². The highest BCUT2D eigenvalue weighted by atomic mass is 35.5. The topological polar surface area (TPSA) is 67.8 Å². The molecule has 7 heteroatoms. The fourth-order valence-corrected chi connectivity index (χ4v) is 4.99. The molecule has 0 aromatic heterocycles. The number of ether oxygens (including phenoxy) is 2.